The predicted molar refractivity (Wildman–Crippen MR) is 238 cm³/mol. The zero-order valence-corrected chi connectivity index (χ0v) is 36.9. The lowest BCUT2D eigenvalue weighted by molar-refractivity contribution is -0.161. The fourth-order valence-corrected chi connectivity index (χ4v) is 6.54. The number of carbonyl (C=O) groups is 2. The van der Waals surface area contributed by atoms with E-state index in [0.29, 0.717) is 6.42 Å². The maximum atomic E-state index is 12.6. The van der Waals surface area contributed by atoms with Crippen molar-refractivity contribution in [3.8, 4) is 0 Å². The fraction of sp³-hybridized carbons (Fsp3) is 0.702. The normalized spacial score (nSPS) is 14.0. The summed E-state index contributed by atoms with van der Waals surface area (Å²) in [6.07, 6.45) is 52.1. The average Bonchev–Trinajstić information content (AvgIpc) is 3.20. The Morgan fingerprint density at radius 1 is 0.544 bits per heavy atom. The topological polar surface area (TPSA) is 134 Å². The van der Waals surface area contributed by atoms with Gasteiger partial charge in [-0.05, 0) is 83.5 Å². The molecule has 328 valence electrons. The van der Waals surface area contributed by atoms with Gasteiger partial charge in [-0.15, -0.1) is 0 Å². The van der Waals surface area contributed by atoms with Crippen molar-refractivity contribution in [2.45, 2.75) is 187 Å². The van der Waals surface area contributed by atoms with Gasteiger partial charge in [0.2, 0.25) is 0 Å². The Morgan fingerprint density at radius 2 is 0.965 bits per heavy atom. The number of allylic oxidation sites excluding steroid dienone is 12. The molecule has 10 heteroatoms. The second-order valence-corrected chi connectivity index (χ2v) is 16.0. The molecule has 57 heavy (non-hydrogen) atoms. The first-order chi connectivity index (χ1) is 27.8. The van der Waals surface area contributed by atoms with Gasteiger partial charge < -0.3 is 20.1 Å². The SMILES string of the molecule is CC/C=C\C/C=C\C/C=C\C/C=C\C/C=C\CCCCCCCCCC(=O)OC(COC(=O)CCCCCCC/C=C\CCCCCC)COP(=O)(O)OCCN. The number of hydrogen-bond donors (Lipinski definition) is 2. The largest absolute Gasteiger partial charge is 0.472 e. The number of phosphoric ester groups is 1. The first-order valence-electron chi connectivity index (χ1n) is 22.4. The molecular formula is C47H82NO8P. The number of nitrogens with two attached hydrogens (primary N) is 1. The number of rotatable bonds is 41. The monoisotopic (exact) mass is 820 g/mol. The summed E-state index contributed by atoms with van der Waals surface area (Å²) in [6.45, 7) is 3.57. The maximum absolute atomic E-state index is 12.6. The zero-order chi connectivity index (χ0) is 41.8. The van der Waals surface area contributed by atoms with E-state index in [9.17, 15) is 19.0 Å². The molecule has 2 unspecified atom stereocenters. The molecule has 0 radical (unpaired) electrons. The van der Waals surface area contributed by atoms with Gasteiger partial charge in [0.1, 0.15) is 6.61 Å². The highest BCUT2D eigenvalue weighted by Gasteiger charge is 2.26. The number of unbranched alkanes of at least 4 members (excludes halogenated alkanes) is 16. The van der Waals surface area contributed by atoms with Crippen molar-refractivity contribution in [2.75, 3.05) is 26.4 Å². The van der Waals surface area contributed by atoms with E-state index in [1.807, 2.05) is 0 Å². The molecule has 0 aliphatic heterocycles. The third-order valence-corrected chi connectivity index (χ3v) is 10.1. The fourth-order valence-electron chi connectivity index (χ4n) is 5.77. The molecule has 0 heterocycles. The lowest BCUT2D eigenvalue weighted by Gasteiger charge is -2.19. The number of hydrogen-bond acceptors (Lipinski definition) is 8. The third-order valence-electron chi connectivity index (χ3n) is 9.08. The van der Waals surface area contributed by atoms with E-state index >= 15 is 0 Å². The molecule has 0 aromatic carbocycles. The van der Waals surface area contributed by atoms with Gasteiger partial charge in [-0.2, -0.15) is 0 Å². The van der Waals surface area contributed by atoms with E-state index in [0.717, 1.165) is 96.3 Å². The zero-order valence-electron chi connectivity index (χ0n) is 36.0. The summed E-state index contributed by atoms with van der Waals surface area (Å²) in [5.41, 5.74) is 5.35. The van der Waals surface area contributed by atoms with Gasteiger partial charge >= 0.3 is 19.8 Å². The van der Waals surface area contributed by atoms with E-state index in [2.05, 4.69) is 86.8 Å². The van der Waals surface area contributed by atoms with Crippen molar-refractivity contribution in [1.82, 2.24) is 0 Å². The molecule has 0 fully saturated rings. The predicted octanol–water partition coefficient (Wildman–Crippen LogP) is 13.1. The second kappa shape index (κ2) is 43.0. The number of esters is 2. The molecule has 0 bridgehead atoms. The Kier molecular flexibility index (Phi) is 41.1. The van der Waals surface area contributed by atoms with Crippen LogP contribution in [0.25, 0.3) is 0 Å². The maximum Gasteiger partial charge on any atom is 0.472 e. The highest BCUT2D eigenvalue weighted by atomic mass is 31.2. The first kappa shape index (κ1) is 54.5. The third kappa shape index (κ3) is 42.9. The summed E-state index contributed by atoms with van der Waals surface area (Å²) >= 11 is 0. The van der Waals surface area contributed by atoms with E-state index in [1.54, 1.807) is 0 Å². The van der Waals surface area contributed by atoms with Crippen LogP contribution in [0.1, 0.15) is 181 Å². The molecule has 0 aromatic heterocycles. The summed E-state index contributed by atoms with van der Waals surface area (Å²) in [5, 5.41) is 0. The van der Waals surface area contributed by atoms with Crippen LogP contribution in [0.3, 0.4) is 0 Å². The number of phosphoric acid groups is 1. The molecule has 0 amide bonds. The number of ether oxygens (including phenoxy) is 2. The molecule has 0 spiro atoms. The smallest absolute Gasteiger partial charge is 0.462 e. The van der Waals surface area contributed by atoms with E-state index in [-0.39, 0.29) is 32.6 Å². The van der Waals surface area contributed by atoms with Gasteiger partial charge in [0.15, 0.2) is 6.10 Å². The molecule has 0 aliphatic rings. The van der Waals surface area contributed by atoms with Crippen LogP contribution in [0.4, 0.5) is 0 Å². The van der Waals surface area contributed by atoms with Crippen molar-refractivity contribution in [3.05, 3.63) is 72.9 Å². The summed E-state index contributed by atoms with van der Waals surface area (Å²) in [4.78, 5) is 34.9. The van der Waals surface area contributed by atoms with Gasteiger partial charge in [-0.25, -0.2) is 4.57 Å². The minimum atomic E-state index is -4.39. The Morgan fingerprint density at radius 3 is 1.46 bits per heavy atom. The van der Waals surface area contributed by atoms with Crippen LogP contribution < -0.4 is 5.73 Å². The second-order valence-electron chi connectivity index (χ2n) is 14.5. The van der Waals surface area contributed by atoms with Gasteiger partial charge in [0.25, 0.3) is 0 Å². The molecule has 9 nitrogen and oxygen atoms in total. The molecule has 3 N–H and O–H groups in total. The van der Waals surface area contributed by atoms with E-state index < -0.39 is 32.5 Å². The van der Waals surface area contributed by atoms with Crippen LogP contribution in [0, 0.1) is 0 Å². The van der Waals surface area contributed by atoms with Crippen LogP contribution in [-0.4, -0.2) is 49.3 Å². The molecule has 0 saturated carbocycles. The Hall–Kier alpha value is -2.55. The summed E-state index contributed by atoms with van der Waals surface area (Å²) < 4.78 is 32.8. The van der Waals surface area contributed by atoms with Crippen LogP contribution in [-0.2, 0) is 32.7 Å². The lowest BCUT2D eigenvalue weighted by atomic mass is 10.1. The Labute approximate surface area is 348 Å². The molecule has 2 atom stereocenters. The highest BCUT2D eigenvalue weighted by Crippen LogP contribution is 2.43. The van der Waals surface area contributed by atoms with Gasteiger partial charge in [-0.3, -0.25) is 18.6 Å². The first-order valence-corrected chi connectivity index (χ1v) is 23.9. The van der Waals surface area contributed by atoms with Crippen molar-refractivity contribution in [1.29, 1.82) is 0 Å². The lowest BCUT2D eigenvalue weighted by Crippen LogP contribution is -2.29. The summed E-state index contributed by atoms with van der Waals surface area (Å²) in [5.74, 6) is -0.856. The standard InChI is InChI=1S/C47H82NO8P/c1-3-5-7-9-11-13-15-17-18-19-20-21-22-23-24-25-26-28-30-32-34-36-38-40-47(50)56-45(44-55-57(51,52)54-42-41-48)43-53-46(49)39-37-35-33-31-29-27-16-14-12-10-8-6-4-2/h5,7,11,13-14,16-18,20-21,23-24,45H,3-4,6,8-10,12,15,19,22,25-44,48H2,1-2H3,(H,51,52)/b7-5-,13-11-,16-14-,18-17-,21-20-,24-23-. The van der Waals surface area contributed by atoms with Crippen molar-refractivity contribution in [3.63, 3.8) is 0 Å². The molecule has 0 aromatic rings. The van der Waals surface area contributed by atoms with Crippen LogP contribution in [0.5, 0.6) is 0 Å². The highest BCUT2D eigenvalue weighted by molar-refractivity contribution is 7.47. The minimum Gasteiger partial charge on any atom is -0.462 e. The molecule has 0 aliphatic carbocycles. The van der Waals surface area contributed by atoms with Crippen molar-refractivity contribution < 1.29 is 37.6 Å². The average molecular weight is 820 g/mol. The van der Waals surface area contributed by atoms with Crippen LogP contribution in [0.2, 0.25) is 0 Å². The van der Waals surface area contributed by atoms with E-state index in [1.165, 1.54) is 51.4 Å². The summed E-state index contributed by atoms with van der Waals surface area (Å²) in [7, 11) is -4.39. The summed E-state index contributed by atoms with van der Waals surface area (Å²) in [6, 6.07) is 0. The van der Waals surface area contributed by atoms with Gasteiger partial charge in [-0.1, -0.05) is 157 Å². The van der Waals surface area contributed by atoms with Gasteiger partial charge in [0.05, 0.1) is 13.2 Å². The van der Waals surface area contributed by atoms with Crippen molar-refractivity contribution >= 4 is 19.8 Å². The van der Waals surface area contributed by atoms with E-state index in [4.69, 9.17) is 24.3 Å². The van der Waals surface area contributed by atoms with Gasteiger partial charge in [0, 0.05) is 19.4 Å². The molecule has 0 rings (SSSR count). The number of carbonyl (C=O) groups excluding carboxylic acids is 2. The minimum absolute atomic E-state index is 0.0469. The van der Waals surface area contributed by atoms with Crippen LogP contribution >= 0.6 is 7.82 Å². The Bertz CT molecular complexity index is 1160. The van der Waals surface area contributed by atoms with Crippen LogP contribution in [0.15, 0.2) is 72.9 Å². The quantitative estimate of drug-likeness (QED) is 0.0267. The molecule has 0 saturated heterocycles. The van der Waals surface area contributed by atoms with Crippen molar-refractivity contribution in [2.24, 2.45) is 5.73 Å². The Balaban J connectivity index is 4.16. The molecular weight excluding hydrogens is 737 g/mol.